The first-order chi connectivity index (χ1) is 12.9. The highest BCUT2D eigenvalue weighted by molar-refractivity contribution is 5.84. The molecule has 3 aromatic rings. The van der Waals surface area contributed by atoms with Gasteiger partial charge in [0.1, 0.15) is 6.33 Å². The van der Waals surface area contributed by atoms with E-state index in [1.54, 1.807) is 0 Å². The molecule has 12 heteroatoms. The Morgan fingerprint density at radius 1 is 1.11 bits per heavy atom. The van der Waals surface area contributed by atoms with E-state index >= 15 is 0 Å². The highest BCUT2D eigenvalue weighted by atomic mass is 19.4. The van der Waals surface area contributed by atoms with Crippen molar-refractivity contribution in [3.05, 3.63) is 18.2 Å². The van der Waals surface area contributed by atoms with Crippen molar-refractivity contribution in [3.8, 4) is 17.7 Å². The van der Waals surface area contributed by atoms with Gasteiger partial charge in [0.05, 0.1) is 14.2 Å². The lowest BCUT2D eigenvalue weighted by molar-refractivity contribution is -0.144. The zero-order chi connectivity index (χ0) is 19.2. The van der Waals surface area contributed by atoms with Gasteiger partial charge in [-0.05, 0) is 12.8 Å². The lowest BCUT2D eigenvalue weighted by Crippen LogP contribution is -2.15. The van der Waals surface area contributed by atoms with E-state index in [1.165, 1.54) is 31.2 Å². The summed E-state index contributed by atoms with van der Waals surface area (Å²) in [5, 5.41) is 2.97. The molecule has 3 heterocycles. The van der Waals surface area contributed by atoms with Gasteiger partial charge in [-0.2, -0.15) is 23.1 Å². The van der Waals surface area contributed by atoms with E-state index in [4.69, 9.17) is 9.47 Å². The molecule has 3 aromatic heterocycles. The number of methoxy groups -OCH3 is 2. The van der Waals surface area contributed by atoms with Crippen LogP contribution in [-0.2, 0) is 6.18 Å². The first kappa shape index (κ1) is 17.2. The third kappa shape index (κ3) is 3.29. The molecular weight excluding hydrogens is 367 g/mol. The van der Waals surface area contributed by atoms with Crippen LogP contribution in [0, 0.1) is 0 Å². The van der Waals surface area contributed by atoms with Crippen molar-refractivity contribution in [1.29, 1.82) is 0 Å². The summed E-state index contributed by atoms with van der Waals surface area (Å²) >= 11 is 0. The summed E-state index contributed by atoms with van der Waals surface area (Å²) in [6.45, 7) is 0. The van der Waals surface area contributed by atoms with Gasteiger partial charge in [-0.25, -0.2) is 15.0 Å². The molecule has 1 aliphatic carbocycles. The van der Waals surface area contributed by atoms with Crippen LogP contribution in [0.2, 0.25) is 0 Å². The number of rotatable bonds is 5. The monoisotopic (exact) mass is 381 g/mol. The molecule has 0 spiro atoms. The maximum absolute atomic E-state index is 13.3. The number of nitrogens with one attached hydrogen (secondary N) is 1. The Morgan fingerprint density at radius 2 is 1.89 bits per heavy atom. The van der Waals surface area contributed by atoms with E-state index in [0.717, 1.165) is 12.8 Å². The van der Waals surface area contributed by atoms with Gasteiger partial charge in [-0.1, -0.05) is 0 Å². The topological polar surface area (TPSA) is 99.9 Å². The Bertz CT molecular complexity index is 979. The summed E-state index contributed by atoms with van der Waals surface area (Å²) in [5.74, 6) is -0.833. The first-order valence-corrected chi connectivity index (χ1v) is 7.95. The largest absolute Gasteiger partial charge is 0.481 e. The van der Waals surface area contributed by atoms with E-state index in [1.807, 2.05) is 0 Å². The van der Waals surface area contributed by atoms with Crippen LogP contribution in [0.5, 0.6) is 11.9 Å². The Balaban J connectivity index is 1.91. The normalized spacial score (nSPS) is 14.4. The fourth-order valence-corrected chi connectivity index (χ4v) is 2.43. The highest BCUT2D eigenvalue weighted by Crippen LogP contribution is 2.33. The fourth-order valence-electron chi connectivity index (χ4n) is 2.43. The van der Waals surface area contributed by atoms with Crippen LogP contribution >= 0.6 is 0 Å². The third-order valence-corrected chi connectivity index (χ3v) is 3.87. The minimum atomic E-state index is -4.70. The Hall–Kier alpha value is -3.18. The lowest BCUT2D eigenvalue weighted by atomic mass is 10.4. The van der Waals surface area contributed by atoms with Crippen LogP contribution in [0.3, 0.4) is 0 Å². The van der Waals surface area contributed by atoms with E-state index in [0.29, 0.717) is 0 Å². The summed E-state index contributed by atoms with van der Waals surface area (Å²) in [7, 11) is 2.77. The van der Waals surface area contributed by atoms with E-state index < -0.39 is 12.0 Å². The molecule has 0 radical (unpaired) electrons. The maximum atomic E-state index is 13.3. The zero-order valence-electron chi connectivity index (χ0n) is 14.3. The van der Waals surface area contributed by atoms with Crippen molar-refractivity contribution in [1.82, 2.24) is 29.5 Å². The molecule has 0 saturated heterocycles. The third-order valence-electron chi connectivity index (χ3n) is 3.87. The number of alkyl halides is 3. The predicted octanol–water partition coefficient (Wildman–Crippen LogP) is 2.22. The van der Waals surface area contributed by atoms with Crippen LogP contribution < -0.4 is 14.8 Å². The number of imidazole rings is 1. The number of fused-ring (bicyclic) bond motifs is 1. The molecule has 4 rings (SSSR count). The van der Waals surface area contributed by atoms with Crippen molar-refractivity contribution in [2.75, 3.05) is 19.5 Å². The number of ether oxygens (including phenoxy) is 2. The van der Waals surface area contributed by atoms with E-state index in [2.05, 4.69) is 30.2 Å². The summed E-state index contributed by atoms with van der Waals surface area (Å²) < 4.78 is 51.2. The fraction of sp³-hybridized carbons (Fsp3) is 0.400. The minimum absolute atomic E-state index is 0.00682. The zero-order valence-corrected chi connectivity index (χ0v) is 14.3. The van der Waals surface area contributed by atoms with Gasteiger partial charge in [-0.3, -0.25) is 4.57 Å². The molecule has 1 fully saturated rings. The molecule has 1 saturated carbocycles. The van der Waals surface area contributed by atoms with Crippen LogP contribution in [0.15, 0.2) is 12.4 Å². The lowest BCUT2D eigenvalue weighted by Gasteiger charge is -2.11. The summed E-state index contributed by atoms with van der Waals surface area (Å²) in [6.07, 6.45) is -1.65. The van der Waals surface area contributed by atoms with E-state index in [9.17, 15) is 13.2 Å². The summed E-state index contributed by atoms with van der Waals surface area (Å²) in [6, 6.07) is 1.52. The molecule has 0 aromatic carbocycles. The molecule has 0 amide bonds. The quantitative estimate of drug-likeness (QED) is 0.718. The molecule has 1 aliphatic rings. The molecule has 0 aliphatic heterocycles. The van der Waals surface area contributed by atoms with Crippen molar-refractivity contribution < 1.29 is 22.6 Å². The Kier molecular flexibility index (Phi) is 3.97. The molecule has 0 bridgehead atoms. The van der Waals surface area contributed by atoms with Gasteiger partial charge < -0.3 is 14.8 Å². The second kappa shape index (κ2) is 6.21. The molecule has 0 unspecified atom stereocenters. The van der Waals surface area contributed by atoms with Crippen LogP contribution in [0.4, 0.5) is 19.0 Å². The van der Waals surface area contributed by atoms with Crippen LogP contribution in [-0.4, -0.2) is 49.7 Å². The van der Waals surface area contributed by atoms with Gasteiger partial charge >= 0.3 is 12.2 Å². The first-order valence-electron chi connectivity index (χ1n) is 7.95. The summed E-state index contributed by atoms with van der Waals surface area (Å²) in [4.78, 5) is 19.6. The van der Waals surface area contributed by atoms with Gasteiger partial charge in [0.15, 0.2) is 22.8 Å². The number of halogens is 3. The average molecular weight is 381 g/mol. The number of aromatic nitrogens is 6. The van der Waals surface area contributed by atoms with Gasteiger partial charge in [-0.15, -0.1) is 0 Å². The maximum Gasteiger partial charge on any atom is 0.451 e. The van der Waals surface area contributed by atoms with Gasteiger partial charge in [0, 0.05) is 12.1 Å². The van der Waals surface area contributed by atoms with Crippen molar-refractivity contribution in [2.45, 2.75) is 25.1 Å². The molecular formula is C15H14F3N7O2. The number of hydrogen-bond acceptors (Lipinski definition) is 8. The van der Waals surface area contributed by atoms with Crippen molar-refractivity contribution in [3.63, 3.8) is 0 Å². The Labute approximate surface area is 150 Å². The molecule has 0 atom stereocenters. The number of nitrogens with zero attached hydrogens (tertiary/aromatic N) is 6. The SMILES string of the molecule is COc1cc(-n2cnc3c(NC4CC4)nc(C(F)(F)F)nc32)nc(OC)n1. The standard InChI is InChI=1S/C15H14F3N7O2/c1-26-9-5-8(21-14(22-9)27-2)25-6-19-10-11(20-7-3-4-7)23-13(15(16,17)18)24-12(10)25/h5-7H,3-4H2,1-2H3,(H,20,23,24). The smallest absolute Gasteiger partial charge is 0.451 e. The van der Waals surface area contributed by atoms with Gasteiger partial charge in [0.25, 0.3) is 0 Å². The molecule has 1 N–H and O–H groups in total. The molecule has 142 valence electrons. The highest BCUT2D eigenvalue weighted by Gasteiger charge is 2.37. The average Bonchev–Trinajstić information content (AvgIpc) is 3.35. The van der Waals surface area contributed by atoms with Crippen LogP contribution in [0.25, 0.3) is 17.0 Å². The van der Waals surface area contributed by atoms with E-state index in [-0.39, 0.29) is 40.7 Å². The second-order valence-electron chi connectivity index (χ2n) is 5.85. The minimum Gasteiger partial charge on any atom is -0.481 e. The van der Waals surface area contributed by atoms with Gasteiger partial charge in [0.2, 0.25) is 11.7 Å². The number of hydrogen-bond donors (Lipinski definition) is 1. The summed E-state index contributed by atoms with van der Waals surface area (Å²) in [5.41, 5.74) is 0.176. The molecule has 9 nitrogen and oxygen atoms in total. The second-order valence-corrected chi connectivity index (χ2v) is 5.85. The van der Waals surface area contributed by atoms with Crippen molar-refractivity contribution >= 4 is 17.0 Å². The van der Waals surface area contributed by atoms with Crippen LogP contribution in [0.1, 0.15) is 18.7 Å². The molecule has 27 heavy (non-hydrogen) atoms. The van der Waals surface area contributed by atoms with Crippen molar-refractivity contribution in [2.24, 2.45) is 0 Å². The Morgan fingerprint density at radius 3 is 2.52 bits per heavy atom. The number of anilines is 1. The predicted molar refractivity (Wildman–Crippen MR) is 87.0 cm³/mol.